The molecule has 0 unspecified atom stereocenters. The van der Waals surface area contributed by atoms with E-state index in [0.717, 1.165) is 5.56 Å². The second-order valence-corrected chi connectivity index (χ2v) is 9.45. The number of hydrogen-bond donors (Lipinski definition) is 5. The van der Waals surface area contributed by atoms with Crippen LogP contribution in [0.25, 0.3) is 0 Å². The number of rotatable bonds is 11. The van der Waals surface area contributed by atoms with Crippen molar-refractivity contribution in [1.29, 1.82) is 0 Å². The number of aliphatic hydroxyl groups is 2. The molecule has 1 aromatic carbocycles. The minimum atomic E-state index is -2.98. The second-order valence-electron chi connectivity index (χ2n) is 9.45. The first-order chi connectivity index (χ1) is 17.3. The Balaban J connectivity index is 1.88. The zero-order valence-corrected chi connectivity index (χ0v) is 20.3. The number of hydrogen-bond acceptors (Lipinski definition) is 9. The van der Waals surface area contributed by atoms with Crippen molar-refractivity contribution in [3.05, 3.63) is 48.0 Å². The quantitative estimate of drug-likeness (QED) is 0.201. The van der Waals surface area contributed by atoms with Gasteiger partial charge < -0.3 is 39.7 Å². The van der Waals surface area contributed by atoms with E-state index in [4.69, 9.17) is 14.2 Å². The van der Waals surface area contributed by atoms with E-state index in [-0.39, 0.29) is 12.3 Å². The van der Waals surface area contributed by atoms with Gasteiger partial charge in [0, 0.05) is 19.3 Å². The molecule has 5 N–H and O–H groups in total. The number of aliphatic carboxylic acids is 3. The molecule has 0 amide bonds. The van der Waals surface area contributed by atoms with Crippen molar-refractivity contribution in [2.45, 2.75) is 68.9 Å². The van der Waals surface area contributed by atoms with Crippen molar-refractivity contribution in [2.24, 2.45) is 11.8 Å². The molecular weight excluding hydrogens is 492 g/mol. The molecule has 0 spiro atoms. The summed E-state index contributed by atoms with van der Waals surface area (Å²) in [5.41, 5.74) is -1.67. The summed E-state index contributed by atoms with van der Waals surface area (Å²) in [6.45, 7) is 7.03. The highest BCUT2D eigenvalue weighted by Gasteiger charge is 2.77. The Bertz CT molecular complexity index is 1070. The van der Waals surface area contributed by atoms with Crippen LogP contribution in [0, 0.1) is 11.8 Å². The molecule has 3 rings (SSSR count). The Morgan fingerprint density at radius 2 is 1.68 bits per heavy atom. The zero-order valence-electron chi connectivity index (χ0n) is 20.3. The number of benzene rings is 1. The summed E-state index contributed by atoms with van der Waals surface area (Å²) in [4.78, 5) is 47.7. The molecule has 0 saturated carbocycles. The van der Waals surface area contributed by atoms with Gasteiger partial charge in [-0.15, -0.1) is 0 Å². The molecule has 2 saturated heterocycles. The molecule has 12 heteroatoms. The number of carbonyl (C=O) groups excluding carboxylic acids is 1. The second kappa shape index (κ2) is 10.6. The average Bonchev–Trinajstić information content (AvgIpc) is 3.00. The van der Waals surface area contributed by atoms with Crippen LogP contribution in [0.4, 0.5) is 0 Å². The van der Waals surface area contributed by atoms with Gasteiger partial charge in [-0.05, 0) is 24.0 Å². The summed E-state index contributed by atoms with van der Waals surface area (Å²) in [5.74, 6) is -11.2. The number of ether oxygens (including phenoxy) is 3. The monoisotopic (exact) mass is 522 g/mol. The molecule has 0 aromatic heterocycles. The smallest absolute Gasteiger partial charge is 0.340 e. The number of esters is 1. The molecule has 0 aliphatic carbocycles. The number of carbonyl (C=O) groups is 4. The first-order valence-electron chi connectivity index (χ1n) is 11.6. The summed E-state index contributed by atoms with van der Waals surface area (Å²) < 4.78 is 16.3. The van der Waals surface area contributed by atoms with E-state index in [1.807, 2.05) is 37.3 Å². The third-order valence-corrected chi connectivity index (χ3v) is 6.87. The maximum atomic E-state index is 12.2. The highest BCUT2D eigenvalue weighted by Crippen LogP contribution is 2.53. The standard InChI is InChI=1S/C25H30O12/c1-12(17(35-14(3)26)13(2)11-15-7-5-4-6-8-15)9-10-24-19(27)20(28)25(37-24,23(33)34)16(21(29)30)18(36-24)22(31)32/h4-8,13,16-20,27-28H,1,9-11H2,2-3H3,(H,29,30)(H,31,32)(H,33,34)/t13-,16+,17-,18+,19-,20-,24+,25+/m1/s1. The van der Waals surface area contributed by atoms with Gasteiger partial charge in [-0.1, -0.05) is 43.8 Å². The van der Waals surface area contributed by atoms with Gasteiger partial charge in [-0.2, -0.15) is 0 Å². The van der Waals surface area contributed by atoms with Gasteiger partial charge in [0.15, 0.2) is 11.9 Å². The van der Waals surface area contributed by atoms with E-state index in [0.29, 0.717) is 12.0 Å². The SMILES string of the molecule is C=C(CC[C@]12O[C@H](C(=O)O)[C@@H](C(=O)O)[C@](C(=O)O)(O1)[C@H](O)[C@H]2O)[C@@H](OC(C)=O)[C@H](C)Cc1ccccc1. The highest BCUT2D eigenvalue weighted by atomic mass is 16.8. The van der Waals surface area contributed by atoms with Crippen LogP contribution in [-0.4, -0.2) is 85.2 Å². The Morgan fingerprint density at radius 3 is 2.19 bits per heavy atom. The predicted octanol–water partition coefficient (Wildman–Crippen LogP) is 0.589. The molecule has 2 aliphatic heterocycles. The summed E-state index contributed by atoms with van der Waals surface area (Å²) in [6, 6.07) is 9.38. The molecule has 2 bridgehead atoms. The molecule has 2 fully saturated rings. The minimum Gasteiger partial charge on any atom is -0.481 e. The fourth-order valence-corrected chi connectivity index (χ4v) is 5.15. The van der Waals surface area contributed by atoms with Crippen LogP contribution in [0.15, 0.2) is 42.5 Å². The van der Waals surface area contributed by atoms with E-state index in [1.165, 1.54) is 6.92 Å². The van der Waals surface area contributed by atoms with Gasteiger partial charge >= 0.3 is 23.9 Å². The third kappa shape index (κ3) is 5.10. The summed E-state index contributed by atoms with van der Waals surface area (Å²) in [6.07, 6.45) is -7.48. The van der Waals surface area contributed by atoms with Gasteiger partial charge in [0.2, 0.25) is 5.60 Å². The fraction of sp³-hybridized carbons (Fsp3) is 0.520. The van der Waals surface area contributed by atoms with Crippen LogP contribution in [0.2, 0.25) is 0 Å². The van der Waals surface area contributed by atoms with Crippen molar-refractivity contribution in [2.75, 3.05) is 0 Å². The van der Waals surface area contributed by atoms with E-state index in [1.54, 1.807) is 0 Å². The van der Waals surface area contributed by atoms with Crippen LogP contribution >= 0.6 is 0 Å². The molecule has 202 valence electrons. The van der Waals surface area contributed by atoms with Crippen molar-refractivity contribution < 1.29 is 58.9 Å². The van der Waals surface area contributed by atoms with Crippen molar-refractivity contribution in [3.8, 4) is 0 Å². The third-order valence-electron chi connectivity index (χ3n) is 6.87. The molecule has 1 aromatic rings. The summed E-state index contributed by atoms with van der Waals surface area (Å²) in [5, 5.41) is 50.4. The normalized spacial score (nSPS) is 32.2. The highest BCUT2D eigenvalue weighted by molar-refractivity contribution is 5.92. The van der Waals surface area contributed by atoms with Gasteiger partial charge in [-0.25, -0.2) is 9.59 Å². The number of carboxylic acid groups (broad SMARTS) is 3. The lowest BCUT2D eigenvalue weighted by molar-refractivity contribution is -0.342. The summed E-state index contributed by atoms with van der Waals surface area (Å²) in [7, 11) is 0. The lowest BCUT2D eigenvalue weighted by atomic mass is 9.79. The van der Waals surface area contributed by atoms with Crippen molar-refractivity contribution in [3.63, 3.8) is 0 Å². The van der Waals surface area contributed by atoms with Crippen LogP contribution in [0.1, 0.15) is 32.3 Å². The van der Waals surface area contributed by atoms with E-state index >= 15 is 0 Å². The topological polar surface area (TPSA) is 197 Å². The average molecular weight is 523 g/mol. The first-order valence-corrected chi connectivity index (χ1v) is 11.6. The van der Waals surface area contributed by atoms with Crippen molar-refractivity contribution in [1.82, 2.24) is 0 Å². The molecule has 0 radical (unpaired) electrons. The molecule has 12 nitrogen and oxygen atoms in total. The maximum Gasteiger partial charge on any atom is 0.340 e. The van der Waals surface area contributed by atoms with Crippen molar-refractivity contribution >= 4 is 23.9 Å². The molecule has 8 atom stereocenters. The fourth-order valence-electron chi connectivity index (χ4n) is 5.15. The largest absolute Gasteiger partial charge is 0.481 e. The van der Waals surface area contributed by atoms with Gasteiger partial charge in [0.1, 0.15) is 24.2 Å². The van der Waals surface area contributed by atoms with E-state index < -0.39 is 72.0 Å². The minimum absolute atomic E-state index is 0.110. The van der Waals surface area contributed by atoms with Crippen LogP contribution in [0.5, 0.6) is 0 Å². The van der Waals surface area contributed by atoms with Crippen LogP contribution in [-0.2, 0) is 39.8 Å². The Hall–Kier alpha value is -3.32. The molecule has 2 heterocycles. The lowest BCUT2D eigenvalue weighted by Crippen LogP contribution is -2.65. The van der Waals surface area contributed by atoms with E-state index in [9.17, 15) is 44.7 Å². The first kappa shape index (κ1) is 28.3. The zero-order chi connectivity index (χ0) is 27.7. The molecular formula is C25H30O12. The van der Waals surface area contributed by atoms with Crippen LogP contribution < -0.4 is 0 Å². The maximum absolute atomic E-state index is 12.2. The number of aliphatic hydroxyl groups excluding tert-OH is 2. The molecule has 37 heavy (non-hydrogen) atoms. The van der Waals surface area contributed by atoms with Crippen LogP contribution in [0.3, 0.4) is 0 Å². The Morgan fingerprint density at radius 1 is 1.05 bits per heavy atom. The Kier molecular flexibility index (Phi) is 8.08. The number of carboxylic acids is 3. The lowest BCUT2D eigenvalue weighted by Gasteiger charge is -2.44. The number of fused-ring (bicyclic) bond motifs is 2. The predicted molar refractivity (Wildman–Crippen MR) is 123 cm³/mol. The Labute approximate surface area is 212 Å². The van der Waals surface area contributed by atoms with Gasteiger partial charge in [-0.3, -0.25) is 9.59 Å². The van der Waals surface area contributed by atoms with Gasteiger partial charge in [0.25, 0.3) is 0 Å². The van der Waals surface area contributed by atoms with Gasteiger partial charge in [0.05, 0.1) is 0 Å². The summed E-state index contributed by atoms with van der Waals surface area (Å²) >= 11 is 0. The molecule has 2 aliphatic rings. The van der Waals surface area contributed by atoms with E-state index in [2.05, 4.69) is 6.58 Å².